The highest BCUT2D eigenvalue weighted by molar-refractivity contribution is 4.79. The molecule has 1 saturated heterocycles. The van der Waals surface area contributed by atoms with Crippen LogP contribution in [0.3, 0.4) is 0 Å². The van der Waals surface area contributed by atoms with Gasteiger partial charge in [-0.25, -0.2) is 4.98 Å². The van der Waals surface area contributed by atoms with Crippen LogP contribution in [0.1, 0.15) is 33.1 Å². The van der Waals surface area contributed by atoms with Crippen molar-refractivity contribution in [2.75, 3.05) is 13.1 Å². The largest absolute Gasteiger partial charge is 0.299 e. The van der Waals surface area contributed by atoms with E-state index in [0.717, 1.165) is 12.5 Å². The first-order valence-electron chi connectivity index (χ1n) is 6.32. The Morgan fingerprint density at radius 3 is 3.00 bits per heavy atom. The molecule has 1 aliphatic heterocycles. The molecular formula is C12H22N4. The summed E-state index contributed by atoms with van der Waals surface area (Å²) >= 11 is 0. The zero-order valence-electron chi connectivity index (χ0n) is 10.3. The number of aromatic nitrogens is 3. The summed E-state index contributed by atoms with van der Waals surface area (Å²) in [6.45, 7) is 8.08. The third-order valence-electron chi connectivity index (χ3n) is 3.36. The molecule has 0 aromatic carbocycles. The molecule has 0 unspecified atom stereocenters. The molecule has 0 saturated carbocycles. The second-order valence-electron chi connectivity index (χ2n) is 5.13. The zero-order chi connectivity index (χ0) is 11.4. The molecule has 1 fully saturated rings. The minimum atomic E-state index is 0.667. The highest BCUT2D eigenvalue weighted by Crippen LogP contribution is 2.19. The van der Waals surface area contributed by atoms with E-state index in [1.807, 2.05) is 11.0 Å². The van der Waals surface area contributed by atoms with Crippen molar-refractivity contribution in [3.8, 4) is 0 Å². The summed E-state index contributed by atoms with van der Waals surface area (Å²) in [6.07, 6.45) is 7.37. The van der Waals surface area contributed by atoms with Gasteiger partial charge in [0.05, 0.1) is 6.54 Å². The Balaban J connectivity index is 1.83. The van der Waals surface area contributed by atoms with E-state index in [0.29, 0.717) is 6.04 Å². The maximum atomic E-state index is 4.19. The van der Waals surface area contributed by atoms with Crippen LogP contribution in [0.2, 0.25) is 0 Å². The van der Waals surface area contributed by atoms with E-state index in [-0.39, 0.29) is 0 Å². The third-order valence-corrected chi connectivity index (χ3v) is 3.36. The minimum Gasteiger partial charge on any atom is -0.299 e. The van der Waals surface area contributed by atoms with Gasteiger partial charge in [0.1, 0.15) is 12.7 Å². The van der Waals surface area contributed by atoms with Gasteiger partial charge >= 0.3 is 0 Å². The molecule has 2 heterocycles. The lowest BCUT2D eigenvalue weighted by Gasteiger charge is -2.24. The third kappa shape index (κ3) is 3.04. The number of nitrogens with zero attached hydrogens (tertiary/aromatic N) is 4. The van der Waals surface area contributed by atoms with Gasteiger partial charge in [0.2, 0.25) is 0 Å². The Bertz CT molecular complexity index is 294. The van der Waals surface area contributed by atoms with Gasteiger partial charge in [-0.15, -0.1) is 0 Å². The molecule has 0 bridgehead atoms. The van der Waals surface area contributed by atoms with Crippen LogP contribution >= 0.6 is 0 Å². The first-order chi connectivity index (χ1) is 7.75. The Hall–Kier alpha value is -0.900. The molecular weight excluding hydrogens is 200 g/mol. The molecule has 4 nitrogen and oxygen atoms in total. The van der Waals surface area contributed by atoms with Crippen molar-refractivity contribution in [2.45, 2.75) is 45.7 Å². The Kier molecular flexibility index (Phi) is 3.93. The van der Waals surface area contributed by atoms with Crippen LogP contribution < -0.4 is 0 Å². The molecule has 90 valence electrons. The molecule has 0 radical (unpaired) electrons. The van der Waals surface area contributed by atoms with Crippen LogP contribution in [0.5, 0.6) is 0 Å². The highest BCUT2D eigenvalue weighted by atomic mass is 15.3. The van der Waals surface area contributed by atoms with Gasteiger partial charge in [0, 0.05) is 6.04 Å². The fourth-order valence-electron chi connectivity index (χ4n) is 2.36. The van der Waals surface area contributed by atoms with Gasteiger partial charge in [-0.3, -0.25) is 9.58 Å². The Morgan fingerprint density at radius 2 is 2.31 bits per heavy atom. The standard InChI is InChI=1S/C12H22N4/c1-11(2)5-7-15-6-3-4-12(15)8-16-10-13-9-14-16/h9-12H,3-8H2,1-2H3/t12-/m1/s1. The maximum Gasteiger partial charge on any atom is 0.137 e. The van der Waals surface area contributed by atoms with Crippen molar-refractivity contribution in [1.29, 1.82) is 0 Å². The summed E-state index contributed by atoms with van der Waals surface area (Å²) in [6, 6.07) is 0.667. The fraction of sp³-hybridized carbons (Fsp3) is 0.833. The number of rotatable bonds is 5. The lowest BCUT2D eigenvalue weighted by Crippen LogP contribution is -2.34. The molecule has 2 rings (SSSR count). The Labute approximate surface area is 97.7 Å². The number of hydrogen-bond acceptors (Lipinski definition) is 3. The zero-order valence-corrected chi connectivity index (χ0v) is 10.3. The molecule has 0 aliphatic carbocycles. The number of hydrogen-bond donors (Lipinski definition) is 0. The van der Waals surface area contributed by atoms with Crippen LogP contribution in [0.25, 0.3) is 0 Å². The summed E-state index contributed by atoms with van der Waals surface area (Å²) in [7, 11) is 0. The molecule has 4 heteroatoms. The second-order valence-corrected chi connectivity index (χ2v) is 5.13. The maximum absolute atomic E-state index is 4.19. The van der Waals surface area contributed by atoms with Crippen LogP contribution in [0.15, 0.2) is 12.7 Å². The molecule has 0 amide bonds. The van der Waals surface area contributed by atoms with E-state index in [1.165, 1.54) is 32.4 Å². The second kappa shape index (κ2) is 5.43. The molecule has 1 atom stereocenters. The summed E-state index contributed by atoms with van der Waals surface area (Å²) in [5.41, 5.74) is 0. The molecule has 16 heavy (non-hydrogen) atoms. The van der Waals surface area contributed by atoms with E-state index in [9.17, 15) is 0 Å². The minimum absolute atomic E-state index is 0.667. The van der Waals surface area contributed by atoms with E-state index in [1.54, 1.807) is 6.33 Å². The molecule has 1 aromatic rings. The average molecular weight is 222 g/mol. The lowest BCUT2D eigenvalue weighted by atomic mass is 10.1. The molecule has 0 N–H and O–H groups in total. The molecule has 1 aromatic heterocycles. The predicted octanol–water partition coefficient (Wildman–Crippen LogP) is 1.79. The van der Waals surface area contributed by atoms with E-state index >= 15 is 0 Å². The van der Waals surface area contributed by atoms with Gasteiger partial charge in [-0.1, -0.05) is 13.8 Å². The smallest absolute Gasteiger partial charge is 0.137 e. The topological polar surface area (TPSA) is 34.0 Å². The predicted molar refractivity (Wildman–Crippen MR) is 64.1 cm³/mol. The summed E-state index contributed by atoms with van der Waals surface area (Å²) in [5.74, 6) is 0.799. The van der Waals surface area contributed by atoms with Crippen molar-refractivity contribution in [3.05, 3.63) is 12.7 Å². The van der Waals surface area contributed by atoms with Crippen molar-refractivity contribution in [2.24, 2.45) is 5.92 Å². The average Bonchev–Trinajstić information content (AvgIpc) is 2.87. The van der Waals surface area contributed by atoms with Crippen LogP contribution in [0.4, 0.5) is 0 Å². The SMILES string of the molecule is CC(C)CCN1CCC[C@@H]1Cn1cncn1. The van der Waals surface area contributed by atoms with E-state index < -0.39 is 0 Å². The van der Waals surface area contributed by atoms with E-state index in [2.05, 4.69) is 28.8 Å². The van der Waals surface area contributed by atoms with Crippen molar-refractivity contribution < 1.29 is 0 Å². The summed E-state index contributed by atoms with van der Waals surface area (Å²) in [5, 5.41) is 4.19. The van der Waals surface area contributed by atoms with Crippen molar-refractivity contribution in [3.63, 3.8) is 0 Å². The van der Waals surface area contributed by atoms with Crippen LogP contribution in [0, 0.1) is 5.92 Å². The first kappa shape index (κ1) is 11.6. The molecule has 0 spiro atoms. The highest BCUT2D eigenvalue weighted by Gasteiger charge is 2.24. The monoisotopic (exact) mass is 222 g/mol. The fourth-order valence-corrected chi connectivity index (χ4v) is 2.36. The lowest BCUT2D eigenvalue weighted by molar-refractivity contribution is 0.215. The summed E-state index contributed by atoms with van der Waals surface area (Å²) in [4.78, 5) is 6.61. The van der Waals surface area contributed by atoms with Crippen molar-refractivity contribution in [1.82, 2.24) is 19.7 Å². The van der Waals surface area contributed by atoms with Gasteiger partial charge in [-0.05, 0) is 38.3 Å². The van der Waals surface area contributed by atoms with Crippen LogP contribution in [-0.2, 0) is 6.54 Å². The first-order valence-corrected chi connectivity index (χ1v) is 6.32. The summed E-state index contributed by atoms with van der Waals surface area (Å²) < 4.78 is 1.96. The molecule has 1 aliphatic rings. The van der Waals surface area contributed by atoms with E-state index in [4.69, 9.17) is 0 Å². The van der Waals surface area contributed by atoms with Gasteiger partial charge in [0.15, 0.2) is 0 Å². The Morgan fingerprint density at radius 1 is 1.44 bits per heavy atom. The van der Waals surface area contributed by atoms with Crippen molar-refractivity contribution >= 4 is 0 Å². The van der Waals surface area contributed by atoms with Gasteiger partial charge in [-0.2, -0.15) is 5.10 Å². The number of likely N-dealkylation sites (tertiary alicyclic amines) is 1. The van der Waals surface area contributed by atoms with Gasteiger partial charge < -0.3 is 0 Å². The van der Waals surface area contributed by atoms with Gasteiger partial charge in [0.25, 0.3) is 0 Å². The normalized spacial score (nSPS) is 22.1. The van der Waals surface area contributed by atoms with Crippen LogP contribution in [-0.4, -0.2) is 38.8 Å². The quantitative estimate of drug-likeness (QED) is 0.761.